The molecule has 1 heterocycles. The number of nitrogens with one attached hydrogen (secondary N) is 2. The molecule has 21 heavy (non-hydrogen) atoms. The molecule has 0 aromatic carbocycles. The van der Waals surface area contributed by atoms with Crippen molar-refractivity contribution < 1.29 is 14.7 Å². The van der Waals surface area contributed by atoms with Crippen LogP contribution in [0.2, 0.25) is 0 Å². The summed E-state index contributed by atoms with van der Waals surface area (Å²) < 4.78 is 0. The Hall–Kier alpha value is -1.85. The van der Waals surface area contributed by atoms with E-state index >= 15 is 0 Å². The van der Waals surface area contributed by atoms with Gasteiger partial charge in [0.1, 0.15) is 5.54 Å². The molecule has 2 rings (SSSR count). The summed E-state index contributed by atoms with van der Waals surface area (Å²) in [7, 11) is 0. The number of rotatable bonds is 4. The van der Waals surface area contributed by atoms with Crippen LogP contribution in [-0.2, 0) is 4.79 Å². The van der Waals surface area contributed by atoms with E-state index in [-0.39, 0.29) is 5.91 Å². The Morgan fingerprint density at radius 2 is 2.00 bits per heavy atom. The van der Waals surface area contributed by atoms with Crippen molar-refractivity contribution in [3.63, 3.8) is 0 Å². The number of hydrogen-bond acceptors (Lipinski definition) is 3. The first-order valence-electron chi connectivity index (χ1n) is 7.47. The second kappa shape index (κ2) is 5.87. The van der Waals surface area contributed by atoms with Gasteiger partial charge < -0.3 is 10.4 Å². The van der Waals surface area contributed by atoms with Crippen LogP contribution < -0.4 is 5.32 Å². The molecule has 1 aromatic heterocycles. The summed E-state index contributed by atoms with van der Waals surface area (Å²) in [5.74, 6) is -0.730. The number of nitrogens with zero attached hydrogens (tertiary/aromatic N) is 1. The zero-order valence-corrected chi connectivity index (χ0v) is 12.8. The first kappa shape index (κ1) is 15.5. The standard InChI is InChI=1S/C15H23N3O3/c1-4-11-5-7-15(8-6-11,14(20)21)16-13(19)12-9(2)17-18-10(12)3/h11H,4-8H2,1-3H3,(H,16,19)(H,17,18)(H,20,21). The van der Waals surface area contributed by atoms with Crippen LogP contribution in [0.5, 0.6) is 0 Å². The molecule has 1 aromatic rings. The Kier molecular flexibility index (Phi) is 4.34. The van der Waals surface area contributed by atoms with Crippen LogP contribution in [-0.4, -0.2) is 32.7 Å². The lowest BCUT2D eigenvalue weighted by molar-refractivity contribution is -0.146. The fourth-order valence-corrected chi connectivity index (χ4v) is 3.14. The minimum atomic E-state index is -1.14. The Bertz CT molecular complexity index is 523. The average molecular weight is 293 g/mol. The number of carbonyl (C=O) groups excluding carboxylic acids is 1. The number of carboxylic acids is 1. The number of carbonyl (C=O) groups is 2. The second-order valence-electron chi connectivity index (χ2n) is 6.00. The molecule has 0 atom stereocenters. The highest BCUT2D eigenvalue weighted by Crippen LogP contribution is 2.34. The van der Waals surface area contributed by atoms with E-state index in [9.17, 15) is 14.7 Å². The Morgan fingerprint density at radius 1 is 1.38 bits per heavy atom. The zero-order chi connectivity index (χ0) is 15.6. The predicted octanol–water partition coefficient (Wildman–Crippen LogP) is 2.18. The molecular weight excluding hydrogens is 270 g/mol. The molecular formula is C15H23N3O3. The van der Waals surface area contributed by atoms with Crippen molar-refractivity contribution in [3.05, 3.63) is 17.0 Å². The number of amides is 1. The third-order valence-corrected chi connectivity index (χ3v) is 4.65. The van der Waals surface area contributed by atoms with Gasteiger partial charge in [-0.15, -0.1) is 0 Å². The van der Waals surface area contributed by atoms with Gasteiger partial charge in [-0.3, -0.25) is 9.89 Å². The van der Waals surface area contributed by atoms with Gasteiger partial charge >= 0.3 is 5.97 Å². The summed E-state index contributed by atoms with van der Waals surface area (Å²) in [5.41, 5.74) is 0.563. The molecule has 0 saturated heterocycles. The molecule has 0 aliphatic heterocycles. The number of aromatic nitrogens is 2. The van der Waals surface area contributed by atoms with Crippen LogP contribution in [0.25, 0.3) is 0 Å². The summed E-state index contributed by atoms with van der Waals surface area (Å²) in [6, 6.07) is 0. The highest BCUT2D eigenvalue weighted by atomic mass is 16.4. The Morgan fingerprint density at radius 3 is 2.43 bits per heavy atom. The van der Waals surface area contributed by atoms with Crippen LogP contribution in [0.4, 0.5) is 0 Å². The molecule has 0 spiro atoms. The molecule has 0 bridgehead atoms. The second-order valence-corrected chi connectivity index (χ2v) is 6.00. The lowest BCUT2D eigenvalue weighted by Crippen LogP contribution is -2.56. The van der Waals surface area contributed by atoms with Crippen LogP contribution in [0.1, 0.15) is 60.8 Å². The number of carboxylic acid groups (broad SMARTS) is 1. The van der Waals surface area contributed by atoms with Gasteiger partial charge in [-0.1, -0.05) is 13.3 Å². The van der Waals surface area contributed by atoms with Crippen LogP contribution in [0, 0.1) is 19.8 Å². The fraction of sp³-hybridized carbons (Fsp3) is 0.667. The van der Waals surface area contributed by atoms with Crippen LogP contribution in [0.3, 0.4) is 0 Å². The first-order valence-corrected chi connectivity index (χ1v) is 7.47. The summed E-state index contributed by atoms with van der Waals surface area (Å²) >= 11 is 0. The smallest absolute Gasteiger partial charge is 0.329 e. The van der Waals surface area contributed by atoms with Crippen LogP contribution >= 0.6 is 0 Å². The van der Waals surface area contributed by atoms with E-state index in [4.69, 9.17) is 0 Å². The summed E-state index contributed by atoms with van der Waals surface area (Å²) in [4.78, 5) is 24.2. The third kappa shape index (κ3) is 2.94. The van der Waals surface area contributed by atoms with E-state index < -0.39 is 11.5 Å². The van der Waals surface area contributed by atoms with Crippen molar-refractivity contribution in [1.82, 2.24) is 15.5 Å². The zero-order valence-electron chi connectivity index (χ0n) is 12.8. The minimum Gasteiger partial charge on any atom is -0.480 e. The third-order valence-electron chi connectivity index (χ3n) is 4.65. The van der Waals surface area contributed by atoms with Crippen molar-refractivity contribution in [1.29, 1.82) is 0 Å². The number of aryl methyl sites for hydroxylation is 2. The SMILES string of the molecule is CCC1CCC(NC(=O)c2c(C)n[nH]c2C)(C(=O)O)CC1. The van der Waals surface area contributed by atoms with Gasteiger partial charge in [-0.05, 0) is 45.4 Å². The van der Waals surface area contributed by atoms with Gasteiger partial charge in [0.15, 0.2) is 0 Å². The monoisotopic (exact) mass is 293 g/mol. The summed E-state index contributed by atoms with van der Waals surface area (Å²) in [6.45, 7) is 5.62. The molecule has 0 unspecified atom stereocenters. The predicted molar refractivity (Wildman–Crippen MR) is 78.1 cm³/mol. The quantitative estimate of drug-likeness (QED) is 0.793. The van der Waals surface area contributed by atoms with Gasteiger partial charge in [0, 0.05) is 5.69 Å². The Labute approximate surface area is 124 Å². The molecule has 1 aliphatic rings. The van der Waals surface area contributed by atoms with E-state index in [0.29, 0.717) is 35.7 Å². The summed E-state index contributed by atoms with van der Waals surface area (Å²) in [5, 5.41) is 19.1. The van der Waals surface area contributed by atoms with Crippen LogP contribution in [0.15, 0.2) is 0 Å². The molecule has 116 valence electrons. The van der Waals surface area contributed by atoms with Crippen molar-refractivity contribution in [2.75, 3.05) is 0 Å². The van der Waals surface area contributed by atoms with E-state index in [2.05, 4.69) is 22.4 Å². The fourth-order valence-electron chi connectivity index (χ4n) is 3.14. The van der Waals surface area contributed by atoms with Gasteiger partial charge in [-0.2, -0.15) is 5.10 Å². The molecule has 1 saturated carbocycles. The average Bonchev–Trinajstić information content (AvgIpc) is 2.78. The normalized spacial score (nSPS) is 25.6. The number of aromatic amines is 1. The highest BCUT2D eigenvalue weighted by Gasteiger charge is 2.43. The van der Waals surface area contributed by atoms with E-state index in [0.717, 1.165) is 19.3 Å². The topological polar surface area (TPSA) is 95.1 Å². The van der Waals surface area contributed by atoms with E-state index in [1.807, 2.05) is 0 Å². The Balaban J connectivity index is 2.18. The molecule has 6 heteroatoms. The largest absolute Gasteiger partial charge is 0.480 e. The van der Waals surface area contributed by atoms with Gasteiger partial charge in [0.2, 0.25) is 0 Å². The molecule has 6 nitrogen and oxygen atoms in total. The molecule has 1 amide bonds. The number of hydrogen-bond donors (Lipinski definition) is 3. The lowest BCUT2D eigenvalue weighted by atomic mass is 9.75. The molecule has 0 radical (unpaired) electrons. The number of H-pyrrole nitrogens is 1. The van der Waals surface area contributed by atoms with E-state index in [1.54, 1.807) is 13.8 Å². The van der Waals surface area contributed by atoms with Crippen molar-refractivity contribution >= 4 is 11.9 Å². The highest BCUT2D eigenvalue weighted by molar-refractivity contribution is 5.99. The van der Waals surface area contributed by atoms with Crippen molar-refractivity contribution in [2.45, 2.75) is 58.4 Å². The molecule has 3 N–H and O–H groups in total. The lowest BCUT2D eigenvalue weighted by Gasteiger charge is -2.37. The number of aliphatic carboxylic acids is 1. The maximum atomic E-state index is 12.4. The molecule has 1 fully saturated rings. The maximum absolute atomic E-state index is 12.4. The van der Waals surface area contributed by atoms with Gasteiger partial charge in [0.25, 0.3) is 5.91 Å². The molecule has 1 aliphatic carbocycles. The summed E-state index contributed by atoms with van der Waals surface area (Å²) in [6.07, 6.45) is 3.72. The van der Waals surface area contributed by atoms with Crippen molar-refractivity contribution in [2.24, 2.45) is 5.92 Å². The van der Waals surface area contributed by atoms with E-state index in [1.165, 1.54) is 0 Å². The van der Waals surface area contributed by atoms with Gasteiger partial charge in [0.05, 0.1) is 11.3 Å². The maximum Gasteiger partial charge on any atom is 0.329 e. The first-order chi connectivity index (χ1) is 9.89. The van der Waals surface area contributed by atoms with Gasteiger partial charge in [-0.25, -0.2) is 4.79 Å². The minimum absolute atomic E-state index is 0.351. The van der Waals surface area contributed by atoms with Crippen molar-refractivity contribution in [3.8, 4) is 0 Å².